The normalized spacial score (nSPS) is 39.0. The minimum Gasteiger partial charge on any atom is -0.342 e. The minimum absolute atomic E-state index is 0.351. The molecule has 0 aromatic rings. The van der Waals surface area contributed by atoms with Crippen LogP contribution < -0.4 is 0 Å². The molecule has 0 aromatic carbocycles. The van der Waals surface area contributed by atoms with Gasteiger partial charge in [0.15, 0.2) is 0 Å². The van der Waals surface area contributed by atoms with Crippen molar-refractivity contribution in [2.45, 2.75) is 31.8 Å². The molecule has 0 aromatic heterocycles. The zero-order valence-electron chi connectivity index (χ0n) is 6.01. The molecular formula is C8H12O2. The Balaban J connectivity index is 2.07. The van der Waals surface area contributed by atoms with Crippen molar-refractivity contribution >= 4 is 0 Å². The van der Waals surface area contributed by atoms with E-state index in [2.05, 4.69) is 6.58 Å². The molecule has 0 amide bonds. The molecular weight excluding hydrogens is 128 g/mol. The summed E-state index contributed by atoms with van der Waals surface area (Å²) in [5, 5.41) is 0. The molecule has 1 aliphatic carbocycles. The molecule has 2 bridgehead atoms. The van der Waals surface area contributed by atoms with Gasteiger partial charge in [-0.2, -0.15) is 4.89 Å². The van der Waals surface area contributed by atoms with Crippen LogP contribution in [0.4, 0.5) is 0 Å². The Hall–Kier alpha value is -0.500. The maximum absolute atomic E-state index is 5.06. The van der Waals surface area contributed by atoms with Crippen LogP contribution in [0.3, 0.4) is 0 Å². The van der Waals surface area contributed by atoms with E-state index in [-0.39, 0.29) is 0 Å². The van der Waals surface area contributed by atoms with Crippen molar-refractivity contribution in [3.63, 3.8) is 0 Å². The first-order valence-corrected chi connectivity index (χ1v) is 3.88. The highest BCUT2D eigenvalue weighted by Gasteiger charge is 2.31. The molecule has 1 saturated carbocycles. The Morgan fingerprint density at radius 1 is 1.40 bits per heavy atom. The van der Waals surface area contributed by atoms with Gasteiger partial charge < -0.3 is 4.89 Å². The molecule has 10 heavy (non-hydrogen) atoms. The van der Waals surface area contributed by atoms with E-state index in [4.69, 9.17) is 9.78 Å². The van der Waals surface area contributed by atoms with E-state index >= 15 is 0 Å². The average Bonchev–Trinajstić information content (AvgIpc) is 1.99. The summed E-state index contributed by atoms with van der Waals surface area (Å²) in [4.78, 5) is 10.0. The van der Waals surface area contributed by atoms with Gasteiger partial charge in [-0.05, 0) is 25.7 Å². The Labute approximate surface area is 60.7 Å². The highest BCUT2D eigenvalue weighted by atomic mass is 17.2. The van der Waals surface area contributed by atoms with Crippen LogP contribution in [0, 0.1) is 5.92 Å². The van der Waals surface area contributed by atoms with Gasteiger partial charge in [0.05, 0.1) is 0 Å². The van der Waals surface area contributed by atoms with Gasteiger partial charge in [-0.15, -0.1) is 0 Å². The van der Waals surface area contributed by atoms with Crippen LogP contribution in [0.25, 0.3) is 0 Å². The first kappa shape index (κ1) is 6.23. The molecule has 1 saturated heterocycles. The van der Waals surface area contributed by atoms with E-state index in [0.717, 1.165) is 18.6 Å². The number of rotatable bonds is 0. The standard InChI is InChI=1S/C8H12O2/c1-6-7-3-2-4-8(5-7)10-9-6/h7-8H,1-5H2. The molecule has 0 spiro atoms. The van der Waals surface area contributed by atoms with Crippen molar-refractivity contribution in [2.75, 3.05) is 0 Å². The summed E-state index contributed by atoms with van der Waals surface area (Å²) in [6.07, 6.45) is 5.13. The van der Waals surface area contributed by atoms with Crippen LogP contribution in [0.2, 0.25) is 0 Å². The van der Waals surface area contributed by atoms with E-state index < -0.39 is 0 Å². The fourth-order valence-corrected chi connectivity index (χ4v) is 1.72. The van der Waals surface area contributed by atoms with E-state index in [9.17, 15) is 0 Å². The zero-order valence-corrected chi connectivity index (χ0v) is 6.01. The summed E-state index contributed by atoms with van der Waals surface area (Å²) >= 11 is 0. The van der Waals surface area contributed by atoms with E-state index in [1.165, 1.54) is 12.8 Å². The second-order valence-electron chi connectivity index (χ2n) is 3.13. The summed E-state index contributed by atoms with van der Waals surface area (Å²) in [5.74, 6) is 1.41. The van der Waals surface area contributed by atoms with Crippen molar-refractivity contribution in [3.8, 4) is 0 Å². The second kappa shape index (κ2) is 2.27. The topological polar surface area (TPSA) is 18.5 Å². The molecule has 2 aliphatic rings. The Morgan fingerprint density at radius 2 is 2.30 bits per heavy atom. The highest BCUT2D eigenvalue weighted by molar-refractivity contribution is 4.95. The zero-order chi connectivity index (χ0) is 6.97. The summed E-state index contributed by atoms with van der Waals surface area (Å²) < 4.78 is 0. The first-order valence-electron chi connectivity index (χ1n) is 3.88. The largest absolute Gasteiger partial charge is 0.342 e. The first-order chi connectivity index (χ1) is 4.86. The molecule has 2 heteroatoms. The van der Waals surface area contributed by atoms with Crippen LogP contribution in [0.1, 0.15) is 25.7 Å². The monoisotopic (exact) mass is 140 g/mol. The van der Waals surface area contributed by atoms with Crippen LogP contribution in [-0.4, -0.2) is 6.10 Å². The van der Waals surface area contributed by atoms with E-state index in [1.807, 2.05) is 0 Å². The van der Waals surface area contributed by atoms with Gasteiger partial charge in [0, 0.05) is 5.92 Å². The lowest BCUT2D eigenvalue weighted by Gasteiger charge is -2.33. The van der Waals surface area contributed by atoms with Gasteiger partial charge >= 0.3 is 0 Å². The smallest absolute Gasteiger partial charge is 0.138 e. The molecule has 1 aliphatic heterocycles. The summed E-state index contributed by atoms with van der Waals surface area (Å²) in [7, 11) is 0. The maximum Gasteiger partial charge on any atom is 0.138 e. The molecule has 0 radical (unpaired) electrons. The molecule has 2 nitrogen and oxygen atoms in total. The third-order valence-electron chi connectivity index (χ3n) is 2.37. The van der Waals surface area contributed by atoms with E-state index in [0.29, 0.717) is 12.0 Å². The SMILES string of the molecule is C=C1OOC2CCCC1C2. The fourth-order valence-electron chi connectivity index (χ4n) is 1.72. The van der Waals surface area contributed by atoms with Gasteiger partial charge in [-0.1, -0.05) is 6.58 Å². The Bertz CT molecular complexity index is 153. The van der Waals surface area contributed by atoms with Crippen LogP contribution in [-0.2, 0) is 9.78 Å². The minimum atomic E-state index is 0.351. The lowest BCUT2D eigenvalue weighted by atomic mass is 9.86. The van der Waals surface area contributed by atoms with Crippen molar-refractivity contribution in [2.24, 2.45) is 5.92 Å². The third-order valence-corrected chi connectivity index (χ3v) is 2.37. The predicted octanol–water partition coefficient (Wildman–Crippen LogP) is 2.02. The lowest BCUT2D eigenvalue weighted by molar-refractivity contribution is -0.330. The van der Waals surface area contributed by atoms with Crippen molar-refractivity contribution < 1.29 is 9.78 Å². The second-order valence-corrected chi connectivity index (χ2v) is 3.13. The van der Waals surface area contributed by atoms with Gasteiger partial charge in [0.25, 0.3) is 0 Å². The maximum atomic E-state index is 5.06. The van der Waals surface area contributed by atoms with Gasteiger partial charge in [0.2, 0.25) is 0 Å². The molecule has 0 N–H and O–H groups in total. The van der Waals surface area contributed by atoms with Gasteiger partial charge in [-0.3, -0.25) is 0 Å². The van der Waals surface area contributed by atoms with Gasteiger partial charge in [0.1, 0.15) is 11.9 Å². The van der Waals surface area contributed by atoms with E-state index in [1.54, 1.807) is 0 Å². The quantitative estimate of drug-likeness (QED) is 0.479. The molecule has 2 rings (SSSR count). The van der Waals surface area contributed by atoms with Crippen LogP contribution in [0.15, 0.2) is 12.3 Å². The predicted molar refractivity (Wildman–Crippen MR) is 37.1 cm³/mol. The van der Waals surface area contributed by atoms with Crippen molar-refractivity contribution in [3.05, 3.63) is 12.3 Å². The van der Waals surface area contributed by atoms with Crippen LogP contribution >= 0.6 is 0 Å². The Kier molecular flexibility index (Phi) is 1.42. The van der Waals surface area contributed by atoms with Crippen LogP contribution in [0.5, 0.6) is 0 Å². The number of hydrogen-bond donors (Lipinski definition) is 0. The summed E-state index contributed by atoms with van der Waals surface area (Å²) in [5.41, 5.74) is 0. The molecule has 56 valence electrons. The number of allylic oxidation sites excluding steroid dienone is 1. The van der Waals surface area contributed by atoms with Crippen molar-refractivity contribution in [1.29, 1.82) is 0 Å². The third kappa shape index (κ3) is 0.926. The van der Waals surface area contributed by atoms with Gasteiger partial charge in [-0.25, -0.2) is 0 Å². The van der Waals surface area contributed by atoms with Crippen molar-refractivity contribution in [1.82, 2.24) is 0 Å². The summed E-state index contributed by atoms with van der Waals surface area (Å²) in [6, 6.07) is 0. The summed E-state index contributed by atoms with van der Waals surface area (Å²) in [6.45, 7) is 3.79. The fraction of sp³-hybridized carbons (Fsp3) is 0.750. The average molecular weight is 140 g/mol. The number of hydrogen-bond acceptors (Lipinski definition) is 2. The molecule has 1 heterocycles. The lowest BCUT2D eigenvalue weighted by Crippen LogP contribution is -2.29. The molecule has 2 atom stereocenters. The highest BCUT2D eigenvalue weighted by Crippen LogP contribution is 2.35. The molecule has 2 fully saturated rings. The Morgan fingerprint density at radius 3 is 3.10 bits per heavy atom. The molecule has 2 unspecified atom stereocenters. The number of fused-ring (bicyclic) bond motifs is 2.